The molecule has 28 heavy (non-hydrogen) atoms. The smallest absolute Gasteiger partial charge is 0.275 e. The summed E-state index contributed by atoms with van der Waals surface area (Å²) in [4.78, 5) is 35.3. The molecule has 4 rings (SSSR count). The van der Waals surface area contributed by atoms with Gasteiger partial charge in [0.2, 0.25) is 5.91 Å². The Bertz CT molecular complexity index is 1070. The lowest BCUT2D eigenvalue weighted by Crippen LogP contribution is -2.37. The molecule has 1 fully saturated rings. The Hall–Kier alpha value is -3.13. The maximum atomic E-state index is 12.7. The zero-order valence-electron chi connectivity index (χ0n) is 15.5. The molecule has 1 aliphatic heterocycles. The first-order chi connectivity index (χ1) is 13.5. The highest BCUT2D eigenvalue weighted by molar-refractivity contribution is 5.83. The number of likely N-dealkylation sites (tertiary alicyclic amines) is 1. The van der Waals surface area contributed by atoms with E-state index in [9.17, 15) is 14.7 Å². The van der Waals surface area contributed by atoms with Crippen LogP contribution in [0.3, 0.4) is 0 Å². The van der Waals surface area contributed by atoms with Gasteiger partial charge in [0.1, 0.15) is 6.54 Å². The van der Waals surface area contributed by atoms with E-state index in [1.165, 1.54) is 4.68 Å². The molecule has 0 aliphatic carbocycles. The first-order valence-corrected chi connectivity index (χ1v) is 9.20. The molecule has 0 saturated carbocycles. The van der Waals surface area contributed by atoms with E-state index in [2.05, 4.69) is 15.1 Å². The van der Waals surface area contributed by atoms with E-state index >= 15 is 0 Å². The van der Waals surface area contributed by atoms with Crippen LogP contribution in [0.5, 0.6) is 0 Å². The van der Waals surface area contributed by atoms with Crippen molar-refractivity contribution < 1.29 is 9.90 Å². The number of nitrogens with zero attached hydrogens (tertiary/aromatic N) is 5. The van der Waals surface area contributed by atoms with Crippen molar-refractivity contribution in [3.05, 3.63) is 64.6 Å². The predicted molar refractivity (Wildman–Crippen MR) is 103 cm³/mol. The van der Waals surface area contributed by atoms with E-state index in [-0.39, 0.29) is 30.5 Å². The number of carbonyl (C=O) groups excluding carboxylic acids is 1. The van der Waals surface area contributed by atoms with Crippen LogP contribution in [0.4, 0.5) is 0 Å². The molecule has 0 unspecified atom stereocenters. The van der Waals surface area contributed by atoms with E-state index in [1.807, 2.05) is 19.1 Å². The van der Waals surface area contributed by atoms with Crippen LogP contribution in [0.25, 0.3) is 10.8 Å². The summed E-state index contributed by atoms with van der Waals surface area (Å²) in [5.74, 6) is -0.339. The lowest BCUT2D eigenvalue weighted by molar-refractivity contribution is -0.131. The van der Waals surface area contributed by atoms with Gasteiger partial charge in [-0.2, -0.15) is 5.10 Å². The van der Waals surface area contributed by atoms with Gasteiger partial charge in [0, 0.05) is 43.0 Å². The average Bonchev–Trinajstić information content (AvgIpc) is 3.07. The van der Waals surface area contributed by atoms with Gasteiger partial charge >= 0.3 is 0 Å². The van der Waals surface area contributed by atoms with Gasteiger partial charge in [-0.15, -0.1) is 0 Å². The molecule has 1 saturated heterocycles. The molecule has 3 heterocycles. The van der Waals surface area contributed by atoms with E-state index in [4.69, 9.17) is 0 Å². The van der Waals surface area contributed by atoms with Gasteiger partial charge < -0.3 is 10.0 Å². The van der Waals surface area contributed by atoms with Gasteiger partial charge in [-0.3, -0.25) is 19.6 Å². The lowest BCUT2D eigenvalue weighted by atomic mass is 10.0. The molecule has 8 nitrogen and oxygen atoms in total. The van der Waals surface area contributed by atoms with Crippen molar-refractivity contribution in [3.63, 3.8) is 0 Å². The number of hydrogen-bond donors (Lipinski definition) is 1. The van der Waals surface area contributed by atoms with Crippen molar-refractivity contribution in [2.75, 3.05) is 13.1 Å². The number of benzene rings is 1. The third kappa shape index (κ3) is 3.50. The molecule has 0 bridgehead atoms. The molecule has 2 atom stereocenters. The Kier molecular flexibility index (Phi) is 4.87. The zero-order valence-corrected chi connectivity index (χ0v) is 15.5. The second-order valence-electron chi connectivity index (χ2n) is 7.12. The minimum Gasteiger partial charge on any atom is -0.391 e. The van der Waals surface area contributed by atoms with Crippen LogP contribution in [0.1, 0.15) is 11.4 Å². The molecule has 1 amide bonds. The summed E-state index contributed by atoms with van der Waals surface area (Å²) in [6.07, 6.45) is 4.79. The molecule has 0 spiro atoms. The summed E-state index contributed by atoms with van der Waals surface area (Å²) < 4.78 is 1.21. The third-order valence-electron chi connectivity index (χ3n) is 5.18. The molecule has 8 heteroatoms. The molecular weight excluding hydrogens is 358 g/mol. The molecule has 2 aromatic heterocycles. The van der Waals surface area contributed by atoms with E-state index in [1.54, 1.807) is 35.6 Å². The Labute approximate surface area is 161 Å². The van der Waals surface area contributed by atoms with Crippen LogP contribution in [0, 0.1) is 12.8 Å². The van der Waals surface area contributed by atoms with Crippen LogP contribution in [0.15, 0.2) is 47.7 Å². The van der Waals surface area contributed by atoms with Crippen molar-refractivity contribution in [2.45, 2.75) is 26.0 Å². The Morgan fingerprint density at radius 1 is 1.21 bits per heavy atom. The number of carbonyl (C=O) groups is 1. The first kappa shape index (κ1) is 18.2. The Morgan fingerprint density at radius 2 is 2.00 bits per heavy atom. The van der Waals surface area contributed by atoms with Crippen LogP contribution in [-0.2, 0) is 17.8 Å². The normalized spacial score (nSPS) is 19.3. The summed E-state index contributed by atoms with van der Waals surface area (Å²) in [6.45, 7) is 2.33. The summed E-state index contributed by atoms with van der Waals surface area (Å²) in [6, 6.07) is 7.24. The molecule has 0 radical (unpaired) electrons. The summed E-state index contributed by atoms with van der Waals surface area (Å²) in [7, 11) is 0. The van der Waals surface area contributed by atoms with Crippen LogP contribution < -0.4 is 5.56 Å². The van der Waals surface area contributed by atoms with Crippen molar-refractivity contribution in [1.29, 1.82) is 0 Å². The quantitative estimate of drug-likeness (QED) is 0.711. The maximum Gasteiger partial charge on any atom is 0.275 e. The van der Waals surface area contributed by atoms with Crippen molar-refractivity contribution in [1.82, 2.24) is 24.6 Å². The van der Waals surface area contributed by atoms with Crippen LogP contribution in [-0.4, -0.2) is 54.9 Å². The number of rotatable bonds is 4. The highest BCUT2D eigenvalue weighted by Crippen LogP contribution is 2.21. The standard InChI is InChI=1S/C20H21N5O3/c1-13-16-4-2-3-5-17(16)20(28)25(23-13)12-19(27)24-10-14(18(26)11-24)8-15-9-21-6-7-22-15/h2-7,9,14,18,26H,8,10-12H2,1H3/t14-,18-/m1/s1. The molecule has 1 aliphatic rings. The third-order valence-corrected chi connectivity index (χ3v) is 5.18. The number of amides is 1. The minimum absolute atomic E-state index is 0.108. The van der Waals surface area contributed by atoms with E-state index in [0.717, 1.165) is 11.1 Å². The zero-order chi connectivity index (χ0) is 19.7. The number of aliphatic hydroxyl groups excluding tert-OH is 1. The van der Waals surface area contributed by atoms with E-state index in [0.29, 0.717) is 24.0 Å². The van der Waals surface area contributed by atoms with Crippen LogP contribution in [0.2, 0.25) is 0 Å². The Balaban J connectivity index is 1.49. The number of hydrogen-bond acceptors (Lipinski definition) is 6. The minimum atomic E-state index is -0.631. The van der Waals surface area contributed by atoms with Crippen molar-refractivity contribution in [2.24, 2.45) is 5.92 Å². The summed E-state index contributed by atoms with van der Waals surface area (Å²) in [5, 5.41) is 16.0. The number of aliphatic hydroxyl groups is 1. The first-order valence-electron chi connectivity index (χ1n) is 9.20. The lowest BCUT2D eigenvalue weighted by Gasteiger charge is -2.17. The summed E-state index contributed by atoms with van der Waals surface area (Å²) in [5.41, 5.74) is 1.19. The van der Waals surface area contributed by atoms with Crippen molar-refractivity contribution in [3.8, 4) is 0 Å². The average molecular weight is 379 g/mol. The van der Waals surface area contributed by atoms with Crippen LogP contribution >= 0.6 is 0 Å². The second kappa shape index (κ2) is 7.47. The second-order valence-corrected chi connectivity index (χ2v) is 7.12. The largest absolute Gasteiger partial charge is 0.391 e. The van der Waals surface area contributed by atoms with Gasteiger partial charge in [-0.25, -0.2) is 4.68 Å². The fourth-order valence-electron chi connectivity index (χ4n) is 3.70. The number of fused-ring (bicyclic) bond motifs is 1. The maximum absolute atomic E-state index is 12.7. The van der Waals surface area contributed by atoms with E-state index < -0.39 is 6.10 Å². The molecule has 1 N–H and O–H groups in total. The number of aromatic nitrogens is 4. The SMILES string of the molecule is Cc1nn(CC(=O)N2C[C@@H](Cc3cnccn3)[C@H](O)C2)c(=O)c2ccccc12. The monoisotopic (exact) mass is 379 g/mol. The fraction of sp³-hybridized carbons (Fsp3) is 0.350. The summed E-state index contributed by atoms with van der Waals surface area (Å²) >= 11 is 0. The van der Waals surface area contributed by atoms with Gasteiger partial charge in [-0.1, -0.05) is 18.2 Å². The van der Waals surface area contributed by atoms with Gasteiger partial charge in [0.15, 0.2) is 0 Å². The molecule has 3 aromatic rings. The molecule has 144 valence electrons. The fourth-order valence-corrected chi connectivity index (χ4v) is 3.70. The molecule has 1 aromatic carbocycles. The number of aryl methyl sites for hydroxylation is 1. The topological polar surface area (TPSA) is 101 Å². The van der Waals surface area contributed by atoms with Crippen molar-refractivity contribution >= 4 is 16.7 Å². The molecular formula is C20H21N5O3. The van der Waals surface area contributed by atoms with Gasteiger partial charge in [0.25, 0.3) is 5.56 Å². The predicted octanol–water partition coefficient (Wildman–Crippen LogP) is 0.557. The highest BCUT2D eigenvalue weighted by Gasteiger charge is 2.34. The van der Waals surface area contributed by atoms with Gasteiger partial charge in [-0.05, 0) is 19.4 Å². The van der Waals surface area contributed by atoms with Gasteiger partial charge in [0.05, 0.1) is 22.9 Å². The Morgan fingerprint density at radius 3 is 2.75 bits per heavy atom. The number of β-amino-alcohol motifs (C(OH)–C–C–N with tert-alkyl or cyclic N) is 1. The highest BCUT2D eigenvalue weighted by atomic mass is 16.3.